The largest absolute Gasteiger partial charge is 0.342 e. The Morgan fingerprint density at radius 2 is 2.00 bits per heavy atom. The van der Waals surface area contributed by atoms with Crippen LogP contribution in [0.15, 0.2) is 18.2 Å². The van der Waals surface area contributed by atoms with Gasteiger partial charge in [0.1, 0.15) is 5.82 Å². The van der Waals surface area contributed by atoms with Crippen LogP contribution >= 0.6 is 0 Å². The van der Waals surface area contributed by atoms with Gasteiger partial charge in [0.15, 0.2) is 5.78 Å². The van der Waals surface area contributed by atoms with Crippen molar-refractivity contribution in [2.45, 2.75) is 53.5 Å². The Bertz CT molecular complexity index is 903. The number of nitrogens with zero attached hydrogens (tertiary/aromatic N) is 3. The maximum Gasteiger partial charge on any atom is 0.224 e. The van der Waals surface area contributed by atoms with E-state index >= 15 is 0 Å². The topological polar surface area (TPSA) is 55.2 Å². The Morgan fingerprint density at radius 1 is 1.25 bits per heavy atom. The molecule has 1 fully saturated rings. The molecule has 0 spiro atoms. The Balaban J connectivity index is 1.54. The van der Waals surface area contributed by atoms with E-state index in [1.54, 1.807) is 18.5 Å². The molecule has 2 aromatic rings. The average Bonchev–Trinajstić information content (AvgIpc) is 3.20. The smallest absolute Gasteiger partial charge is 0.224 e. The lowest BCUT2D eigenvalue weighted by molar-refractivity contribution is -0.130. The van der Waals surface area contributed by atoms with E-state index in [-0.39, 0.29) is 17.5 Å². The van der Waals surface area contributed by atoms with Crippen molar-refractivity contribution >= 4 is 11.7 Å². The lowest BCUT2D eigenvalue weighted by atomic mass is 9.97. The van der Waals surface area contributed by atoms with E-state index in [1.807, 2.05) is 30.9 Å². The van der Waals surface area contributed by atoms with Gasteiger partial charge in [-0.05, 0) is 63.6 Å². The van der Waals surface area contributed by atoms with Gasteiger partial charge in [0.2, 0.25) is 5.91 Å². The second-order valence-corrected chi connectivity index (χ2v) is 7.86. The highest BCUT2D eigenvalue weighted by Gasteiger charge is 2.26. The fourth-order valence-electron chi connectivity index (χ4n) is 4.18. The molecule has 1 aliphatic heterocycles. The fourth-order valence-corrected chi connectivity index (χ4v) is 4.18. The molecular formula is C22H28FN3O2. The van der Waals surface area contributed by atoms with E-state index in [0.717, 1.165) is 37.2 Å². The zero-order chi connectivity index (χ0) is 20.4. The molecule has 150 valence electrons. The van der Waals surface area contributed by atoms with E-state index in [0.29, 0.717) is 35.7 Å². The highest BCUT2D eigenvalue weighted by molar-refractivity contribution is 5.96. The average molecular weight is 385 g/mol. The monoisotopic (exact) mass is 385 g/mol. The fraction of sp³-hybridized carbons (Fsp3) is 0.500. The predicted molar refractivity (Wildman–Crippen MR) is 106 cm³/mol. The lowest BCUT2D eigenvalue weighted by Crippen LogP contribution is -2.29. The molecule has 28 heavy (non-hydrogen) atoms. The first kappa shape index (κ1) is 20.2. The molecule has 0 bridgehead atoms. The summed E-state index contributed by atoms with van der Waals surface area (Å²) in [5, 5.41) is 4.41. The van der Waals surface area contributed by atoms with Crippen LogP contribution in [0, 0.1) is 32.5 Å². The van der Waals surface area contributed by atoms with Gasteiger partial charge >= 0.3 is 0 Å². The Morgan fingerprint density at radius 3 is 2.64 bits per heavy atom. The molecule has 0 aliphatic carbocycles. The number of benzene rings is 1. The van der Waals surface area contributed by atoms with Crippen LogP contribution in [0.1, 0.15) is 52.6 Å². The molecule has 1 aromatic carbocycles. The van der Waals surface area contributed by atoms with Crippen LogP contribution in [0.4, 0.5) is 4.39 Å². The van der Waals surface area contributed by atoms with Crippen LogP contribution in [0.2, 0.25) is 0 Å². The van der Waals surface area contributed by atoms with Gasteiger partial charge in [-0.2, -0.15) is 5.10 Å². The van der Waals surface area contributed by atoms with Gasteiger partial charge in [0.05, 0.1) is 11.3 Å². The van der Waals surface area contributed by atoms with Crippen molar-refractivity contribution in [3.05, 3.63) is 52.1 Å². The molecule has 5 nitrogen and oxygen atoms in total. The zero-order valence-electron chi connectivity index (χ0n) is 17.1. The number of likely N-dealkylation sites (tertiary alicyclic amines) is 1. The van der Waals surface area contributed by atoms with Gasteiger partial charge in [-0.3, -0.25) is 14.3 Å². The number of Topliss-reactive ketones (excluding diaryl/α,β-unsaturated/α-hetero) is 1. The number of ketones is 1. The number of halogens is 1. The van der Waals surface area contributed by atoms with Gasteiger partial charge in [0.25, 0.3) is 0 Å². The van der Waals surface area contributed by atoms with Crippen LogP contribution in [0.25, 0.3) is 0 Å². The van der Waals surface area contributed by atoms with Gasteiger partial charge in [-0.15, -0.1) is 0 Å². The number of aromatic nitrogens is 2. The minimum absolute atomic E-state index is 0.00555. The predicted octanol–water partition coefficient (Wildman–Crippen LogP) is 3.63. The quantitative estimate of drug-likeness (QED) is 0.714. The van der Waals surface area contributed by atoms with Crippen LogP contribution in [-0.2, 0) is 17.8 Å². The number of hydrogen-bond acceptors (Lipinski definition) is 3. The van der Waals surface area contributed by atoms with Crippen LogP contribution in [-0.4, -0.2) is 39.5 Å². The minimum atomic E-state index is -0.177. The summed E-state index contributed by atoms with van der Waals surface area (Å²) in [6.45, 7) is 9.00. The zero-order valence-corrected chi connectivity index (χ0v) is 17.1. The Hall–Kier alpha value is -2.50. The molecule has 0 N–H and O–H groups in total. The van der Waals surface area contributed by atoms with Crippen molar-refractivity contribution in [1.82, 2.24) is 14.7 Å². The van der Waals surface area contributed by atoms with Crippen LogP contribution in [0.3, 0.4) is 0 Å². The SMILES string of the molecule is CC(=O)c1c(C)nn(CCC(=O)N2CCC(Cc3ccc(F)c(C)c3)C2)c1C. The summed E-state index contributed by atoms with van der Waals surface area (Å²) in [5.41, 5.74) is 3.98. The van der Waals surface area contributed by atoms with Crippen molar-refractivity contribution in [2.75, 3.05) is 13.1 Å². The summed E-state index contributed by atoms with van der Waals surface area (Å²) in [6.07, 6.45) is 2.21. The van der Waals surface area contributed by atoms with Crippen molar-refractivity contribution in [1.29, 1.82) is 0 Å². The number of amides is 1. The molecule has 1 aliphatic rings. The molecule has 1 unspecified atom stereocenters. The first-order valence-corrected chi connectivity index (χ1v) is 9.84. The van der Waals surface area contributed by atoms with Crippen LogP contribution in [0.5, 0.6) is 0 Å². The van der Waals surface area contributed by atoms with E-state index in [2.05, 4.69) is 5.10 Å². The lowest BCUT2D eigenvalue weighted by Gasteiger charge is -2.17. The Kier molecular flexibility index (Phi) is 5.96. The first-order valence-electron chi connectivity index (χ1n) is 9.84. The van der Waals surface area contributed by atoms with Gasteiger partial charge in [-0.25, -0.2) is 4.39 Å². The normalized spacial score (nSPS) is 16.6. The number of aryl methyl sites for hydroxylation is 3. The summed E-state index contributed by atoms with van der Waals surface area (Å²) in [4.78, 5) is 26.3. The molecule has 0 saturated carbocycles. The third-order valence-corrected chi connectivity index (χ3v) is 5.66. The van der Waals surface area contributed by atoms with Crippen molar-refractivity contribution < 1.29 is 14.0 Å². The summed E-state index contributed by atoms with van der Waals surface area (Å²) in [7, 11) is 0. The second-order valence-electron chi connectivity index (χ2n) is 7.86. The third-order valence-electron chi connectivity index (χ3n) is 5.66. The number of carbonyl (C=O) groups excluding carboxylic acids is 2. The molecule has 3 rings (SSSR count). The second kappa shape index (κ2) is 8.25. The molecule has 2 heterocycles. The van der Waals surface area contributed by atoms with Gasteiger partial charge < -0.3 is 4.90 Å². The molecule has 1 aromatic heterocycles. The summed E-state index contributed by atoms with van der Waals surface area (Å²) in [6, 6.07) is 5.25. The van der Waals surface area contributed by atoms with E-state index in [4.69, 9.17) is 0 Å². The summed E-state index contributed by atoms with van der Waals surface area (Å²) in [5.74, 6) is 0.358. The Labute approximate surface area is 165 Å². The van der Waals surface area contributed by atoms with Crippen molar-refractivity contribution in [3.63, 3.8) is 0 Å². The maximum atomic E-state index is 13.4. The minimum Gasteiger partial charge on any atom is -0.342 e. The van der Waals surface area contributed by atoms with E-state index in [1.165, 1.54) is 6.07 Å². The van der Waals surface area contributed by atoms with Crippen molar-refractivity contribution in [2.24, 2.45) is 5.92 Å². The third kappa shape index (κ3) is 4.32. The standard InChI is InChI=1S/C22H28FN3O2/c1-14-11-18(5-6-20(14)23)12-19-7-9-25(13-19)21(28)8-10-26-16(3)22(17(4)27)15(2)24-26/h5-6,11,19H,7-10,12-13H2,1-4H3. The van der Waals surface area contributed by atoms with Gasteiger partial charge in [-0.1, -0.05) is 12.1 Å². The van der Waals surface area contributed by atoms with Crippen molar-refractivity contribution in [3.8, 4) is 0 Å². The number of hydrogen-bond donors (Lipinski definition) is 0. The molecule has 1 amide bonds. The van der Waals surface area contributed by atoms with Gasteiger partial charge in [0, 0.05) is 31.7 Å². The summed E-state index contributed by atoms with van der Waals surface area (Å²) >= 11 is 0. The highest BCUT2D eigenvalue weighted by atomic mass is 19.1. The highest BCUT2D eigenvalue weighted by Crippen LogP contribution is 2.23. The molecule has 1 atom stereocenters. The number of rotatable bonds is 6. The van der Waals surface area contributed by atoms with E-state index < -0.39 is 0 Å². The number of carbonyl (C=O) groups is 2. The molecular weight excluding hydrogens is 357 g/mol. The maximum absolute atomic E-state index is 13.4. The van der Waals surface area contributed by atoms with E-state index in [9.17, 15) is 14.0 Å². The van der Waals surface area contributed by atoms with Crippen LogP contribution < -0.4 is 0 Å². The summed E-state index contributed by atoms with van der Waals surface area (Å²) < 4.78 is 15.2. The first-order chi connectivity index (χ1) is 13.3. The molecule has 1 saturated heterocycles. The molecule has 6 heteroatoms. The molecule has 0 radical (unpaired) electrons.